The van der Waals surface area contributed by atoms with Crippen LogP contribution in [-0.2, 0) is 12.8 Å². The average molecular weight is 240 g/mol. The van der Waals surface area contributed by atoms with Gasteiger partial charge in [0.1, 0.15) is 0 Å². The lowest BCUT2D eigenvalue weighted by Crippen LogP contribution is -2.28. The van der Waals surface area contributed by atoms with Gasteiger partial charge < -0.3 is 5.73 Å². The second-order valence-corrected chi connectivity index (χ2v) is 4.78. The molecular weight excluding hydrogens is 226 g/mol. The molecule has 0 aliphatic heterocycles. The summed E-state index contributed by atoms with van der Waals surface area (Å²) in [5, 5.41) is 0. The van der Waals surface area contributed by atoms with E-state index in [0.29, 0.717) is 6.04 Å². The Balaban J connectivity index is 2.47. The molecule has 0 unspecified atom stereocenters. The molecule has 1 aromatic carbocycles. The van der Waals surface area contributed by atoms with Gasteiger partial charge in [0.05, 0.1) is 0 Å². The minimum Gasteiger partial charge on any atom is -0.327 e. The number of aryl methyl sites for hydroxylation is 1. The second kappa shape index (κ2) is 3.43. The van der Waals surface area contributed by atoms with Crippen LogP contribution in [0.4, 0.5) is 0 Å². The molecule has 0 amide bonds. The molecule has 13 heavy (non-hydrogen) atoms. The van der Waals surface area contributed by atoms with Crippen molar-refractivity contribution in [3.05, 3.63) is 33.3 Å². The van der Waals surface area contributed by atoms with Crippen molar-refractivity contribution in [1.29, 1.82) is 0 Å². The van der Waals surface area contributed by atoms with Gasteiger partial charge in [-0.05, 0) is 55.0 Å². The van der Waals surface area contributed by atoms with E-state index in [-0.39, 0.29) is 0 Å². The number of fused-ring (bicyclic) bond motifs is 1. The van der Waals surface area contributed by atoms with Crippen molar-refractivity contribution >= 4 is 15.9 Å². The Morgan fingerprint density at radius 2 is 2.23 bits per heavy atom. The lowest BCUT2D eigenvalue weighted by atomic mass is 9.86. The second-order valence-electron chi connectivity index (χ2n) is 3.86. The van der Waals surface area contributed by atoms with E-state index in [0.717, 1.165) is 19.3 Å². The Morgan fingerprint density at radius 3 is 3.00 bits per heavy atom. The van der Waals surface area contributed by atoms with Crippen LogP contribution in [0.3, 0.4) is 0 Å². The fraction of sp³-hybridized carbons (Fsp3) is 0.455. The molecule has 1 atom stereocenters. The number of hydrogen-bond donors (Lipinski definition) is 1. The smallest absolute Gasteiger partial charge is 0.0180 e. The monoisotopic (exact) mass is 239 g/mol. The molecule has 1 nitrogen and oxygen atoms in total. The summed E-state index contributed by atoms with van der Waals surface area (Å²) in [7, 11) is 0. The van der Waals surface area contributed by atoms with Crippen molar-refractivity contribution in [2.24, 2.45) is 5.73 Å². The average Bonchev–Trinajstić information content (AvgIpc) is 2.02. The first-order chi connectivity index (χ1) is 6.16. The molecule has 2 heteroatoms. The summed E-state index contributed by atoms with van der Waals surface area (Å²) in [6.07, 6.45) is 3.32. The normalized spacial score (nSPS) is 21.3. The van der Waals surface area contributed by atoms with Gasteiger partial charge in [-0.3, -0.25) is 0 Å². The van der Waals surface area contributed by atoms with Gasteiger partial charge in [-0.2, -0.15) is 0 Å². The molecule has 1 aliphatic rings. The lowest BCUT2D eigenvalue weighted by molar-refractivity contribution is 0.574. The van der Waals surface area contributed by atoms with Crippen LogP contribution in [-0.4, -0.2) is 6.04 Å². The third-order valence-electron chi connectivity index (χ3n) is 2.78. The van der Waals surface area contributed by atoms with E-state index < -0.39 is 0 Å². The third kappa shape index (κ3) is 1.79. The van der Waals surface area contributed by atoms with Gasteiger partial charge >= 0.3 is 0 Å². The largest absolute Gasteiger partial charge is 0.327 e. The minimum atomic E-state index is 0.362. The van der Waals surface area contributed by atoms with Gasteiger partial charge in [-0.15, -0.1) is 0 Å². The molecule has 0 saturated heterocycles. The van der Waals surface area contributed by atoms with Crippen molar-refractivity contribution in [1.82, 2.24) is 0 Å². The van der Waals surface area contributed by atoms with E-state index in [1.165, 1.54) is 21.2 Å². The third-order valence-corrected chi connectivity index (χ3v) is 3.24. The summed E-state index contributed by atoms with van der Waals surface area (Å²) in [5.74, 6) is 0. The molecule has 2 N–H and O–H groups in total. The zero-order valence-electron chi connectivity index (χ0n) is 7.81. The molecule has 0 radical (unpaired) electrons. The van der Waals surface area contributed by atoms with Crippen molar-refractivity contribution in [3.8, 4) is 0 Å². The highest BCUT2D eigenvalue weighted by atomic mass is 79.9. The molecule has 0 bridgehead atoms. The Bertz CT molecular complexity index is 333. The van der Waals surface area contributed by atoms with Crippen molar-refractivity contribution in [3.63, 3.8) is 0 Å². The summed E-state index contributed by atoms with van der Waals surface area (Å²) < 4.78 is 1.18. The predicted molar refractivity (Wildman–Crippen MR) is 58.9 cm³/mol. The fourth-order valence-electron chi connectivity index (χ4n) is 2.10. The van der Waals surface area contributed by atoms with Crippen LogP contribution in [0.5, 0.6) is 0 Å². The first-order valence-corrected chi connectivity index (χ1v) is 5.49. The van der Waals surface area contributed by atoms with Gasteiger partial charge in [0.2, 0.25) is 0 Å². The van der Waals surface area contributed by atoms with Crippen molar-refractivity contribution < 1.29 is 0 Å². The molecule has 1 aliphatic carbocycles. The van der Waals surface area contributed by atoms with Gasteiger partial charge in [0.15, 0.2) is 0 Å². The number of halogens is 1. The van der Waals surface area contributed by atoms with Crippen LogP contribution in [0.15, 0.2) is 16.6 Å². The highest BCUT2D eigenvalue weighted by molar-refractivity contribution is 9.10. The van der Waals surface area contributed by atoms with E-state index in [2.05, 4.69) is 35.0 Å². The topological polar surface area (TPSA) is 26.0 Å². The molecule has 0 heterocycles. The Hall–Kier alpha value is -0.340. The van der Waals surface area contributed by atoms with Crippen molar-refractivity contribution in [2.75, 3.05) is 0 Å². The Morgan fingerprint density at radius 1 is 1.46 bits per heavy atom. The van der Waals surface area contributed by atoms with E-state index in [9.17, 15) is 0 Å². The van der Waals surface area contributed by atoms with Crippen LogP contribution in [0.25, 0.3) is 0 Å². The van der Waals surface area contributed by atoms with Crippen molar-refractivity contribution in [2.45, 2.75) is 32.2 Å². The fourth-order valence-corrected chi connectivity index (χ4v) is 2.72. The van der Waals surface area contributed by atoms with Gasteiger partial charge in [-0.25, -0.2) is 0 Å². The summed E-state index contributed by atoms with van der Waals surface area (Å²) in [6, 6.07) is 4.76. The summed E-state index contributed by atoms with van der Waals surface area (Å²) >= 11 is 3.52. The number of rotatable bonds is 0. The Kier molecular flexibility index (Phi) is 2.43. The molecule has 70 valence electrons. The maximum atomic E-state index is 5.93. The Labute approximate surface area is 87.5 Å². The standard InChI is InChI=1S/C11H14BrN/c1-7-4-9(12)5-8-6-10(13)2-3-11(7)8/h4-5,10H,2-3,6,13H2,1H3/t10-/m1/s1. The zero-order valence-corrected chi connectivity index (χ0v) is 9.39. The van der Waals surface area contributed by atoms with Gasteiger partial charge in [0.25, 0.3) is 0 Å². The minimum absolute atomic E-state index is 0.362. The molecule has 0 saturated carbocycles. The van der Waals surface area contributed by atoms with Crippen LogP contribution in [0.2, 0.25) is 0 Å². The first-order valence-electron chi connectivity index (χ1n) is 4.70. The summed E-state index contributed by atoms with van der Waals surface area (Å²) in [4.78, 5) is 0. The molecular formula is C11H14BrN. The number of nitrogens with two attached hydrogens (primary N) is 1. The predicted octanol–water partition coefficient (Wildman–Crippen LogP) is 2.57. The molecule has 0 aromatic heterocycles. The summed E-state index contributed by atoms with van der Waals surface area (Å²) in [6.45, 7) is 2.18. The number of benzene rings is 1. The highest BCUT2D eigenvalue weighted by Crippen LogP contribution is 2.27. The summed E-state index contributed by atoms with van der Waals surface area (Å²) in [5.41, 5.74) is 10.3. The zero-order chi connectivity index (χ0) is 9.42. The molecule has 2 rings (SSSR count). The molecule has 0 fully saturated rings. The number of hydrogen-bond acceptors (Lipinski definition) is 1. The van der Waals surface area contributed by atoms with Gasteiger partial charge in [0, 0.05) is 10.5 Å². The van der Waals surface area contributed by atoms with Crippen LogP contribution in [0, 0.1) is 6.92 Å². The van der Waals surface area contributed by atoms with E-state index in [1.54, 1.807) is 0 Å². The maximum absolute atomic E-state index is 5.93. The molecule has 0 spiro atoms. The lowest BCUT2D eigenvalue weighted by Gasteiger charge is -2.23. The van der Waals surface area contributed by atoms with Gasteiger partial charge in [-0.1, -0.05) is 15.9 Å². The highest BCUT2D eigenvalue weighted by Gasteiger charge is 2.17. The van der Waals surface area contributed by atoms with E-state index in [1.807, 2.05) is 0 Å². The van der Waals surface area contributed by atoms with E-state index in [4.69, 9.17) is 5.73 Å². The molecule has 1 aromatic rings. The first kappa shape index (κ1) is 9.22. The maximum Gasteiger partial charge on any atom is 0.0180 e. The SMILES string of the molecule is Cc1cc(Br)cc2c1CC[C@@H](N)C2. The van der Waals surface area contributed by atoms with E-state index >= 15 is 0 Å². The quantitative estimate of drug-likeness (QED) is 0.741. The van der Waals surface area contributed by atoms with Crippen LogP contribution in [0.1, 0.15) is 23.1 Å². The van der Waals surface area contributed by atoms with Crippen LogP contribution < -0.4 is 5.73 Å². The van der Waals surface area contributed by atoms with Crippen LogP contribution >= 0.6 is 15.9 Å².